The number of nitrogens with zero attached hydrogens (tertiary/aromatic N) is 3. The molecule has 3 rings (SSSR count). The quantitative estimate of drug-likeness (QED) is 0.597. The van der Waals surface area contributed by atoms with E-state index in [0.29, 0.717) is 17.8 Å². The fraction of sp³-hybridized carbons (Fsp3) is 0.333. The van der Waals surface area contributed by atoms with Crippen molar-refractivity contribution in [2.24, 2.45) is 0 Å². The van der Waals surface area contributed by atoms with Gasteiger partial charge in [0.25, 0.3) is 0 Å². The number of benzene rings is 1. The maximum atomic E-state index is 13.8. The Balaban J connectivity index is 1.80. The number of aromatic nitrogens is 2. The average molecular weight is 364 g/mol. The van der Waals surface area contributed by atoms with Crippen molar-refractivity contribution in [1.29, 1.82) is 0 Å². The molecule has 2 heterocycles. The van der Waals surface area contributed by atoms with Gasteiger partial charge in [0.15, 0.2) is 0 Å². The van der Waals surface area contributed by atoms with E-state index in [4.69, 9.17) is 11.6 Å². The Morgan fingerprint density at radius 1 is 1.17 bits per heavy atom. The van der Waals surface area contributed by atoms with E-state index in [9.17, 15) is 22.0 Å². The number of hydrogen-bond acceptors (Lipinski definition) is 3. The van der Waals surface area contributed by atoms with Crippen LogP contribution in [0.1, 0.15) is 22.6 Å². The molecule has 0 radical (unpaired) electrons. The molecule has 3 nitrogen and oxygen atoms in total. The minimum Gasteiger partial charge on any atom is -0.294 e. The summed E-state index contributed by atoms with van der Waals surface area (Å²) >= 11 is 5.80. The molecule has 0 fully saturated rings. The van der Waals surface area contributed by atoms with Crippen molar-refractivity contribution in [3.63, 3.8) is 0 Å². The number of hydrogen-bond donors (Lipinski definition) is 0. The van der Waals surface area contributed by atoms with Crippen LogP contribution in [0.4, 0.5) is 22.0 Å². The normalized spacial score (nSPS) is 15.4. The van der Waals surface area contributed by atoms with Crippen LogP contribution in [0.2, 0.25) is 5.02 Å². The molecule has 9 heteroatoms. The summed E-state index contributed by atoms with van der Waals surface area (Å²) in [6.45, 7) is 0.635. The molecule has 128 valence electrons. The van der Waals surface area contributed by atoms with Crippen LogP contribution in [0.15, 0.2) is 18.3 Å². The van der Waals surface area contributed by atoms with Crippen molar-refractivity contribution in [2.45, 2.75) is 25.7 Å². The predicted molar refractivity (Wildman–Crippen MR) is 76.2 cm³/mol. The van der Waals surface area contributed by atoms with Crippen LogP contribution < -0.4 is 0 Å². The molecule has 24 heavy (non-hydrogen) atoms. The van der Waals surface area contributed by atoms with Crippen molar-refractivity contribution in [3.8, 4) is 0 Å². The van der Waals surface area contributed by atoms with Gasteiger partial charge in [-0.2, -0.15) is 13.2 Å². The third-order valence-electron chi connectivity index (χ3n) is 3.79. The lowest BCUT2D eigenvalue weighted by Crippen LogP contribution is -2.32. The SMILES string of the molecule is Fc1ccc(F)c(CN2CCc3nc(C(F)(F)F)ncc3C2)c1Cl. The van der Waals surface area contributed by atoms with E-state index < -0.39 is 23.6 Å². The van der Waals surface area contributed by atoms with E-state index in [1.54, 1.807) is 4.90 Å². The third kappa shape index (κ3) is 3.34. The van der Waals surface area contributed by atoms with Crippen LogP contribution in [-0.2, 0) is 25.7 Å². The van der Waals surface area contributed by atoms with Gasteiger partial charge < -0.3 is 0 Å². The summed E-state index contributed by atoms with van der Waals surface area (Å²) in [5, 5.41) is -0.288. The molecule has 1 aliphatic heterocycles. The summed E-state index contributed by atoms with van der Waals surface area (Å²) in [6.07, 6.45) is -3.21. The molecular formula is C15H11ClF5N3. The van der Waals surface area contributed by atoms with E-state index in [1.807, 2.05) is 0 Å². The number of rotatable bonds is 2. The second-order valence-electron chi connectivity index (χ2n) is 5.45. The van der Waals surface area contributed by atoms with Gasteiger partial charge in [-0.1, -0.05) is 11.6 Å². The third-order valence-corrected chi connectivity index (χ3v) is 4.20. The molecule has 0 saturated heterocycles. The molecule has 0 saturated carbocycles. The minimum absolute atomic E-state index is 0.0212. The summed E-state index contributed by atoms with van der Waals surface area (Å²) in [6, 6.07) is 1.94. The highest BCUT2D eigenvalue weighted by atomic mass is 35.5. The molecule has 0 atom stereocenters. The number of fused-ring (bicyclic) bond motifs is 1. The molecule has 0 spiro atoms. The molecule has 0 bridgehead atoms. The van der Waals surface area contributed by atoms with Gasteiger partial charge in [-0.3, -0.25) is 4.90 Å². The maximum absolute atomic E-state index is 13.8. The lowest BCUT2D eigenvalue weighted by molar-refractivity contribution is -0.145. The van der Waals surface area contributed by atoms with E-state index >= 15 is 0 Å². The molecule has 0 N–H and O–H groups in total. The van der Waals surface area contributed by atoms with Gasteiger partial charge in [0.1, 0.15) is 11.6 Å². The van der Waals surface area contributed by atoms with Gasteiger partial charge in [-0.05, 0) is 12.1 Å². The lowest BCUT2D eigenvalue weighted by atomic mass is 10.1. The summed E-state index contributed by atoms with van der Waals surface area (Å²) in [5.41, 5.74) is 0.870. The monoisotopic (exact) mass is 363 g/mol. The second-order valence-corrected chi connectivity index (χ2v) is 5.82. The molecule has 1 aromatic carbocycles. The van der Waals surface area contributed by atoms with Gasteiger partial charge in [0, 0.05) is 43.4 Å². The first kappa shape index (κ1) is 17.0. The molecule has 1 aromatic heterocycles. The Hall–Kier alpha value is -1.80. The zero-order chi connectivity index (χ0) is 17.5. The van der Waals surface area contributed by atoms with Crippen molar-refractivity contribution in [3.05, 3.63) is 57.6 Å². The van der Waals surface area contributed by atoms with Crippen LogP contribution in [0, 0.1) is 11.6 Å². The molecule has 0 unspecified atom stereocenters. The van der Waals surface area contributed by atoms with Gasteiger partial charge in [-0.25, -0.2) is 18.7 Å². The maximum Gasteiger partial charge on any atom is 0.451 e. The Bertz CT molecular complexity index is 778. The highest BCUT2D eigenvalue weighted by Gasteiger charge is 2.35. The van der Waals surface area contributed by atoms with Crippen LogP contribution in [0.5, 0.6) is 0 Å². The molecule has 0 aliphatic carbocycles. The first-order valence-corrected chi connectivity index (χ1v) is 7.40. The van der Waals surface area contributed by atoms with Crippen LogP contribution >= 0.6 is 11.6 Å². The second kappa shape index (κ2) is 6.25. The first-order chi connectivity index (χ1) is 11.3. The molecule has 2 aromatic rings. The first-order valence-electron chi connectivity index (χ1n) is 7.02. The zero-order valence-electron chi connectivity index (χ0n) is 12.2. The van der Waals surface area contributed by atoms with Crippen molar-refractivity contribution >= 4 is 11.6 Å². The Morgan fingerprint density at radius 3 is 2.58 bits per heavy atom. The molecular weight excluding hydrogens is 353 g/mol. The van der Waals surface area contributed by atoms with Crippen LogP contribution in [-0.4, -0.2) is 21.4 Å². The Kier molecular flexibility index (Phi) is 4.44. The van der Waals surface area contributed by atoms with Crippen molar-refractivity contribution < 1.29 is 22.0 Å². The average Bonchev–Trinajstić information content (AvgIpc) is 2.53. The molecule has 0 amide bonds. The number of halogens is 6. The number of alkyl halides is 3. The summed E-state index contributed by atoms with van der Waals surface area (Å²) < 4.78 is 65.2. The Morgan fingerprint density at radius 2 is 1.88 bits per heavy atom. The van der Waals surface area contributed by atoms with Crippen molar-refractivity contribution in [2.75, 3.05) is 6.54 Å². The van der Waals surface area contributed by atoms with Crippen molar-refractivity contribution in [1.82, 2.24) is 14.9 Å². The summed E-state index contributed by atoms with van der Waals surface area (Å²) in [5.74, 6) is -2.52. The largest absolute Gasteiger partial charge is 0.451 e. The predicted octanol–water partition coefficient (Wildman–Crippen LogP) is 3.99. The van der Waals surface area contributed by atoms with Crippen LogP contribution in [0.3, 0.4) is 0 Å². The lowest BCUT2D eigenvalue weighted by Gasteiger charge is -2.28. The fourth-order valence-corrected chi connectivity index (χ4v) is 2.80. The van der Waals surface area contributed by atoms with Crippen LogP contribution in [0.25, 0.3) is 0 Å². The Labute approximate surface area is 139 Å². The van der Waals surface area contributed by atoms with Gasteiger partial charge >= 0.3 is 6.18 Å². The van der Waals surface area contributed by atoms with E-state index in [1.165, 1.54) is 0 Å². The smallest absolute Gasteiger partial charge is 0.294 e. The van der Waals surface area contributed by atoms with E-state index in [2.05, 4.69) is 9.97 Å². The summed E-state index contributed by atoms with van der Waals surface area (Å²) in [4.78, 5) is 8.64. The van der Waals surface area contributed by atoms with E-state index in [0.717, 1.165) is 18.3 Å². The highest BCUT2D eigenvalue weighted by molar-refractivity contribution is 6.31. The fourth-order valence-electron chi connectivity index (χ4n) is 2.58. The minimum atomic E-state index is -4.59. The van der Waals surface area contributed by atoms with Gasteiger partial charge in [0.05, 0.1) is 10.7 Å². The highest BCUT2D eigenvalue weighted by Crippen LogP contribution is 2.29. The topological polar surface area (TPSA) is 29.0 Å². The zero-order valence-corrected chi connectivity index (χ0v) is 12.9. The van der Waals surface area contributed by atoms with Gasteiger partial charge in [-0.15, -0.1) is 0 Å². The standard InChI is InChI=1S/C15H11ClF5N3/c16-13-9(10(17)1-2-11(13)18)7-24-4-3-12-8(6-24)5-22-14(23-12)15(19,20)21/h1-2,5H,3-4,6-7H2. The summed E-state index contributed by atoms with van der Waals surface area (Å²) in [7, 11) is 0. The molecule has 1 aliphatic rings. The van der Waals surface area contributed by atoms with Gasteiger partial charge in [0.2, 0.25) is 5.82 Å². The van der Waals surface area contributed by atoms with E-state index in [-0.39, 0.29) is 30.1 Å².